The maximum Gasteiger partial charge on any atom is 0.334 e. The fraction of sp³-hybridized carbons (Fsp3) is 0.351. The first kappa shape index (κ1) is 31.0. The van der Waals surface area contributed by atoms with Crippen molar-refractivity contribution in [3.8, 4) is 17.4 Å². The van der Waals surface area contributed by atoms with Crippen molar-refractivity contribution < 1.29 is 23.3 Å². The van der Waals surface area contributed by atoms with Crippen LogP contribution in [0.3, 0.4) is 0 Å². The Morgan fingerprint density at radius 1 is 0.830 bits per heavy atom. The van der Waals surface area contributed by atoms with Gasteiger partial charge in [-0.2, -0.15) is 4.98 Å². The van der Waals surface area contributed by atoms with Gasteiger partial charge in [0.05, 0.1) is 24.4 Å². The maximum atomic E-state index is 16.6. The van der Waals surface area contributed by atoms with E-state index in [-0.39, 0.29) is 41.9 Å². The molecule has 0 spiro atoms. The van der Waals surface area contributed by atoms with E-state index in [1.165, 1.54) is 9.13 Å². The number of imidazole rings is 1. The zero-order valence-electron chi connectivity index (χ0n) is 26.7. The number of pyridine rings is 1. The highest BCUT2D eigenvalue weighted by Crippen LogP contribution is 2.35. The number of benzene rings is 3. The van der Waals surface area contributed by atoms with Crippen molar-refractivity contribution in [1.29, 1.82) is 0 Å². The Balaban J connectivity index is 1.25. The number of aromatic nitrogens is 3. The predicted molar refractivity (Wildman–Crippen MR) is 178 cm³/mol. The van der Waals surface area contributed by atoms with Crippen LogP contribution < -0.4 is 20.1 Å². The molecule has 9 nitrogen and oxygen atoms in total. The van der Waals surface area contributed by atoms with Crippen LogP contribution in [0.5, 0.6) is 11.8 Å². The Labute approximate surface area is 273 Å². The zero-order chi connectivity index (χ0) is 32.3. The Morgan fingerprint density at radius 2 is 1.45 bits per heavy atom. The minimum atomic E-state index is -0.415. The van der Waals surface area contributed by atoms with Crippen molar-refractivity contribution >= 4 is 16.7 Å². The predicted octanol–water partition coefficient (Wildman–Crippen LogP) is 6.65. The van der Waals surface area contributed by atoms with Crippen molar-refractivity contribution in [2.75, 3.05) is 31.2 Å². The number of nitrogens with zero attached hydrogens (tertiary/aromatic N) is 4. The molecule has 0 atom stereocenters. The fourth-order valence-corrected chi connectivity index (χ4v) is 6.51. The summed E-state index contributed by atoms with van der Waals surface area (Å²) < 4.78 is 43.4. The molecule has 244 valence electrons. The minimum absolute atomic E-state index is 0.174. The van der Waals surface area contributed by atoms with Gasteiger partial charge in [0.1, 0.15) is 24.4 Å². The molecule has 47 heavy (non-hydrogen) atoms. The van der Waals surface area contributed by atoms with Crippen LogP contribution in [0, 0.1) is 11.7 Å². The summed E-state index contributed by atoms with van der Waals surface area (Å²) >= 11 is 0. The molecule has 4 heterocycles. The average molecular weight is 639 g/mol. The van der Waals surface area contributed by atoms with Crippen LogP contribution >= 0.6 is 0 Å². The topological polar surface area (TPSA) is 80.0 Å². The highest BCUT2D eigenvalue weighted by molar-refractivity contribution is 5.84. The second-order valence-corrected chi connectivity index (χ2v) is 12.3. The molecule has 0 radical (unpaired) electrons. The Hall–Kier alpha value is -4.67. The van der Waals surface area contributed by atoms with Gasteiger partial charge in [0.15, 0.2) is 12.1 Å². The van der Waals surface area contributed by atoms with Gasteiger partial charge < -0.3 is 23.8 Å². The number of hydrogen-bond acceptors (Lipinski definition) is 7. The molecular weight excluding hydrogens is 599 g/mol. The Bertz CT molecular complexity index is 1880. The second-order valence-electron chi connectivity index (χ2n) is 12.3. The second kappa shape index (κ2) is 13.6. The number of hydrogen-bond donors (Lipinski definition) is 0. The molecule has 0 saturated carbocycles. The van der Waals surface area contributed by atoms with E-state index in [1.807, 2.05) is 80.6 Å². The molecule has 0 amide bonds. The molecule has 0 aliphatic carbocycles. The highest BCUT2D eigenvalue weighted by atomic mass is 19.1. The summed E-state index contributed by atoms with van der Waals surface area (Å²) in [5, 5.41) is 0. The van der Waals surface area contributed by atoms with E-state index in [9.17, 15) is 4.79 Å². The van der Waals surface area contributed by atoms with Gasteiger partial charge in [-0.05, 0) is 56.0 Å². The van der Waals surface area contributed by atoms with Crippen LogP contribution in [0.4, 0.5) is 10.1 Å². The summed E-state index contributed by atoms with van der Waals surface area (Å²) in [5.74, 6) is 0.442. The Morgan fingerprint density at radius 3 is 2.09 bits per heavy atom. The number of piperidine rings is 1. The van der Waals surface area contributed by atoms with Crippen LogP contribution in [0.2, 0.25) is 0 Å². The van der Waals surface area contributed by atoms with E-state index in [0.717, 1.165) is 24.0 Å². The average Bonchev–Trinajstić information content (AvgIpc) is 3.75. The van der Waals surface area contributed by atoms with Gasteiger partial charge in [-0.15, -0.1) is 0 Å². The molecule has 2 aliphatic heterocycles. The number of anilines is 1. The Kier molecular flexibility index (Phi) is 8.95. The summed E-state index contributed by atoms with van der Waals surface area (Å²) in [6.07, 6.45) is 1.51. The zero-order valence-corrected chi connectivity index (χ0v) is 26.7. The summed E-state index contributed by atoms with van der Waals surface area (Å²) in [7, 11) is 0. The molecule has 10 heteroatoms. The van der Waals surface area contributed by atoms with Gasteiger partial charge in [-0.1, -0.05) is 60.7 Å². The molecule has 0 bridgehead atoms. The van der Waals surface area contributed by atoms with Gasteiger partial charge in [0, 0.05) is 31.1 Å². The summed E-state index contributed by atoms with van der Waals surface area (Å²) in [6, 6.07) is 26.3. The quantitative estimate of drug-likeness (QED) is 0.169. The fourth-order valence-electron chi connectivity index (χ4n) is 6.51. The van der Waals surface area contributed by atoms with Crippen molar-refractivity contribution in [3.05, 3.63) is 112 Å². The van der Waals surface area contributed by atoms with E-state index in [2.05, 4.69) is 4.90 Å². The molecule has 7 rings (SSSR count). The van der Waals surface area contributed by atoms with Gasteiger partial charge in [0.2, 0.25) is 11.8 Å². The van der Waals surface area contributed by atoms with Crippen molar-refractivity contribution in [1.82, 2.24) is 14.1 Å². The number of fused-ring (bicyclic) bond motifs is 1. The van der Waals surface area contributed by atoms with Crippen LogP contribution in [0.25, 0.3) is 16.7 Å². The maximum absolute atomic E-state index is 16.6. The number of halogens is 1. The third-order valence-corrected chi connectivity index (χ3v) is 8.89. The molecule has 0 unspecified atom stereocenters. The first-order chi connectivity index (χ1) is 23.0. The summed E-state index contributed by atoms with van der Waals surface area (Å²) in [5.41, 5.74) is 3.16. The third kappa shape index (κ3) is 6.35. The molecular formula is C37H39FN4O5. The number of ether oxygens (including phenoxy) is 4. The smallest absolute Gasteiger partial charge is 0.334 e. The highest BCUT2D eigenvalue weighted by Gasteiger charge is 2.32. The van der Waals surface area contributed by atoms with E-state index in [4.69, 9.17) is 23.9 Å². The molecule has 5 aromatic rings. The van der Waals surface area contributed by atoms with Crippen LogP contribution in [0.15, 0.2) is 89.7 Å². The molecule has 2 aliphatic rings. The lowest BCUT2D eigenvalue weighted by molar-refractivity contribution is -0.0889. The first-order valence-electron chi connectivity index (χ1n) is 16.3. The molecule has 2 fully saturated rings. The first-order valence-corrected chi connectivity index (χ1v) is 16.3. The normalized spacial score (nSPS) is 16.0. The number of rotatable bonds is 10. The summed E-state index contributed by atoms with van der Waals surface area (Å²) in [6.45, 7) is 6.92. The molecule has 2 saturated heterocycles. The van der Waals surface area contributed by atoms with Crippen molar-refractivity contribution in [2.45, 2.75) is 52.2 Å². The van der Waals surface area contributed by atoms with Crippen LogP contribution in [-0.2, 0) is 22.7 Å². The van der Waals surface area contributed by atoms with E-state index < -0.39 is 5.82 Å². The lowest BCUT2D eigenvalue weighted by atomic mass is 9.95. The molecule has 3 aromatic carbocycles. The molecule has 0 N–H and O–H groups in total. The SMILES string of the molecule is CC(C)n1c(=O)n(-c2ccc(OCc3ccccc3)nc2OCc2ccccc2)c2ccc(N3CCC(C4OCCO4)CC3)c(F)c21. The van der Waals surface area contributed by atoms with Gasteiger partial charge in [-0.3, -0.25) is 9.13 Å². The standard InChI is InChI=1S/C37H39FN4O5/c1-25(2)41-34-30(14-13-29(33(34)38)40-19-17-28(18-20-40)36-44-21-22-45-36)42(37(41)43)31-15-16-32(46-23-26-9-5-3-6-10-26)39-35(31)47-24-27-11-7-4-8-12-27/h3-16,25,28,36H,17-24H2,1-2H3. The van der Waals surface area contributed by atoms with Gasteiger partial charge >= 0.3 is 5.69 Å². The van der Waals surface area contributed by atoms with Gasteiger partial charge in [0.25, 0.3) is 0 Å². The lowest BCUT2D eigenvalue weighted by Gasteiger charge is -2.35. The minimum Gasteiger partial charge on any atom is -0.473 e. The third-order valence-electron chi connectivity index (χ3n) is 8.89. The molecule has 2 aromatic heterocycles. The van der Waals surface area contributed by atoms with E-state index in [1.54, 1.807) is 18.2 Å². The van der Waals surface area contributed by atoms with Crippen LogP contribution in [0.1, 0.15) is 43.9 Å². The largest absolute Gasteiger partial charge is 0.473 e. The van der Waals surface area contributed by atoms with E-state index >= 15 is 4.39 Å². The van der Waals surface area contributed by atoms with Gasteiger partial charge in [-0.25, -0.2) is 9.18 Å². The van der Waals surface area contributed by atoms with Crippen LogP contribution in [-0.4, -0.2) is 46.7 Å². The van der Waals surface area contributed by atoms with Crippen molar-refractivity contribution in [3.63, 3.8) is 0 Å². The van der Waals surface area contributed by atoms with Crippen molar-refractivity contribution in [2.24, 2.45) is 5.92 Å². The lowest BCUT2D eigenvalue weighted by Crippen LogP contribution is -2.38. The summed E-state index contributed by atoms with van der Waals surface area (Å²) in [4.78, 5) is 20.9. The monoisotopic (exact) mass is 638 g/mol. The van der Waals surface area contributed by atoms with E-state index in [0.29, 0.717) is 55.7 Å².